The standard InChI is InChI=1S/C6H5.CH3.2Li/c1-2-4-6-5-3-1;;;/h1-5H;1H3;;. The summed E-state index contributed by atoms with van der Waals surface area (Å²) in [7, 11) is 0. The molecule has 0 saturated heterocycles. The summed E-state index contributed by atoms with van der Waals surface area (Å²) in [4.78, 5) is 0. The summed E-state index contributed by atoms with van der Waals surface area (Å²) in [5.74, 6) is 0. The molecule has 2 heteroatoms. The predicted molar refractivity (Wildman–Crippen MR) is 43.4 cm³/mol. The molecule has 0 radical (unpaired) electrons. The Morgan fingerprint density at radius 3 is 1.67 bits per heavy atom. The van der Waals surface area contributed by atoms with Crippen molar-refractivity contribution in [2.24, 2.45) is 0 Å². The van der Waals surface area contributed by atoms with Crippen LogP contribution in [0.4, 0.5) is 0 Å². The summed E-state index contributed by atoms with van der Waals surface area (Å²) in [5, 5.41) is 0. The second-order valence-electron chi connectivity index (χ2n) is 1.65. The monoisotopic (exact) mass is 106 g/mol. The molecule has 0 aliphatic heterocycles. The fourth-order valence-corrected chi connectivity index (χ4v) is 0.534. The second-order valence-corrected chi connectivity index (χ2v) is 1.65. The van der Waals surface area contributed by atoms with Crippen molar-refractivity contribution in [1.29, 1.82) is 0 Å². The van der Waals surface area contributed by atoms with Gasteiger partial charge in [0.2, 0.25) is 0 Å². The minimum atomic E-state index is 1.32. The average Bonchev–Trinajstić information content (AvgIpc) is 1.94. The Hall–Kier alpha value is 0.415. The van der Waals surface area contributed by atoms with Gasteiger partial charge in [0.15, 0.2) is 0 Å². The summed E-state index contributed by atoms with van der Waals surface area (Å²) in [6.45, 7) is 0. The van der Waals surface area contributed by atoms with E-state index >= 15 is 0 Å². The Kier molecular flexibility index (Phi) is 6.83. The zero-order valence-corrected chi connectivity index (χ0v) is 6.39. The van der Waals surface area contributed by atoms with Crippen LogP contribution in [0.3, 0.4) is 0 Å². The number of hydrogen-bond acceptors (Lipinski definition) is 0. The zero-order valence-electron chi connectivity index (χ0n) is 6.39. The van der Waals surface area contributed by atoms with Crippen LogP contribution in [0.15, 0.2) is 30.3 Å². The van der Waals surface area contributed by atoms with Gasteiger partial charge in [-0.15, -0.1) is 0 Å². The zero-order chi connectivity index (χ0) is 7.11. The van der Waals surface area contributed by atoms with Gasteiger partial charge in [-0.3, -0.25) is 0 Å². The molecular weight excluding hydrogens is 98.0 g/mol. The maximum atomic E-state index is 2.08. The molecule has 0 atom stereocenters. The molecule has 0 N–H and O–H groups in total. The van der Waals surface area contributed by atoms with E-state index in [4.69, 9.17) is 0 Å². The van der Waals surface area contributed by atoms with Gasteiger partial charge in [0.05, 0.1) is 0 Å². The maximum absolute atomic E-state index is 2.08. The molecule has 9 heavy (non-hydrogen) atoms. The molecule has 38 valence electrons. The molecule has 1 aromatic carbocycles. The molecule has 0 aromatic heterocycles. The first kappa shape index (κ1) is 9.41. The molecule has 0 nitrogen and oxygen atoms in total. The Balaban J connectivity index is 0.000000291. The van der Waals surface area contributed by atoms with E-state index in [1.54, 1.807) is 0 Å². The van der Waals surface area contributed by atoms with Crippen molar-refractivity contribution in [3.63, 3.8) is 0 Å². The number of rotatable bonds is 0. The molecule has 0 unspecified atom stereocenters. The molecule has 0 aliphatic rings. The fourth-order valence-electron chi connectivity index (χ4n) is 0.534. The molecular formula is C7H8Li2. The summed E-state index contributed by atoms with van der Waals surface area (Å²) >= 11 is 4.08. The molecule has 0 spiro atoms. The first-order valence-corrected chi connectivity index (χ1v) is 3.41. The predicted octanol–water partition coefficient (Wildman–Crippen LogP) is 0.683. The van der Waals surface area contributed by atoms with Crippen molar-refractivity contribution < 1.29 is 0 Å². The van der Waals surface area contributed by atoms with Crippen molar-refractivity contribution in [3.8, 4) is 0 Å². The van der Waals surface area contributed by atoms with E-state index in [2.05, 4.69) is 29.8 Å². The van der Waals surface area contributed by atoms with Crippen molar-refractivity contribution in [1.82, 2.24) is 0 Å². The Morgan fingerprint density at radius 1 is 1.00 bits per heavy atom. The van der Waals surface area contributed by atoms with Crippen molar-refractivity contribution >= 4 is 39.7 Å². The van der Waals surface area contributed by atoms with Crippen LogP contribution in [0.25, 0.3) is 0 Å². The fraction of sp³-hybridized carbons (Fsp3) is 0.143. The molecule has 0 fully saturated rings. The van der Waals surface area contributed by atoms with Crippen molar-refractivity contribution in [3.05, 3.63) is 30.3 Å². The van der Waals surface area contributed by atoms with Crippen LogP contribution in [0.1, 0.15) is 0 Å². The van der Waals surface area contributed by atoms with Gasteiger partial charge in [0.1, 0.15) is 0 Å². The normalized spacial score (nSPS) is 7.67. The van der Waals surface area contributed by atoms with Crippen LogP contribution < -0.4 is 4.24 Å². The van der Waals surface area contributed by atoms with E-state index in [9.17, 15) is 0 Å². The van der Waals surface area contributed by atoms with Gasteiger partial charge < -0.3 is 0 Å². The topological polar surface area (TPSA) is 0 Å². The Labute approximate surface area is 75.4 Å². The molecule has 0 bridgehead atoms. The minimum absolute atomic E-state index is 1.32. The molecule has 1 rings (SSSR count). The Morgan fingerprint density at radius 2 is 1.44 bits per heavy atom. The van der Waals surface area contributed by atoms with Crippen LogP contribution in [0.2, 0.25) is 5.60 Å². The van der Waals surface area contributed by atoms with E-state index < -0.39 is 0 Å². The summed E-state index contributed by atoms with van der Waals surface area (Å²) in [5.41, 5.74) is 2.00. The first-order chi connectivity index (χ1) is 4.39. The van der Waals surface area contributed by atoms with Crippen molar-refractivity contribution in [2.75, 3.05) is 0 Å². The number of benzene rings is 1. The van der Waals surface area contributed by atoms with Crippen LogP contribution in [-0.2, 0) is 0 Å². The quantitative estimate of drug-likeness (QED) is 0.426. The van der Waals surface area contributed by atoms with Gasteiger partial charge in [0, 0.05) is 0 Å². The molecule has 1 aromatic rings. The molecule has 0 saturated carbocycles. The third-order valence-corrected chi connectivity index (χ3v) is 0.940. The van der Waals surface area contributed by atoms with Gasteiger partial charge in [0.25, 0.3) is 0 Å². The molecule has 0 amide bonds. The van der Waals surface area contributed by atoms with Crippen LogP contribution in [0, 0.1) is 0 Å². The van der Waals surface area contributed by atoms with Crippen LogP contribution >= 0.6 is 0 Å². The SMILES string of the molecule is [Li][CH3].[Li][c]1ccccc1. The van der Waals surface area contributed by atoms with E-state index in [1.165, 1.54) is 4.24 Å². The van der Waals surface area contributed by atoms with Crippen LogP contribution in [0.5, 0.6) is 0 Å². The van der Waals surface area contributed by atoms with Crippen LogP contribution in [-0.4, -0.2) is 35.4 Å². The van der Waals surface area contributed by atoms with E-state index in [-0.39, 0.29) is 0 Å². The summed E-state index contributed by atoms with van der Waals surface area (Å²) in [6.07, 6.45) is 0. The van der Waals surface area contributed by atoms with Gasteiger partial charge in [-0.1, -0.05) is 0 Å². The third kappa shape index (κ3) is 4.89. The van der Waals surface area contributed by atoms with E-state index in [1.807, 2.05) is 41.5 Å². The van der Waals surface area contributed by atoms with Gasteiger partial charge in [-0.2, -0.15) is 0 Å². The third-order valence-electron chi connectivity index (χ3n) is 0.940. The van der Waals surface area contributed by atoms with Gasteiger partial charge >= 0.3 is 75.6 Å². The second kappa shape index (κ2) is 6.53. The molecule has 0 aliphatic carbocycles. The van der Waals surface area contributed by atoms with E-state index in [0.29, 0.717) is 0 Å². The summed E-state index contributed by atoms with van der Waals surface area (Å²) < 4.78 is 1.32. The molecule has 0 heterocycles. The number of hydrogen-bond donors (Lipinski definition) is 0. The van der Waals surface area contributed by atoms with E-state index in [0.717, 1.165) is 0 Å². The Bertz CT molecular complexity index is 137. The van der Waals surface area contributed by atoms with Crippen molar-refractivity contribution in [2.45, 2.75) is 5.60 Å². The van der Waals surface area contributed by atoms with Gasteiger partial charge in [-0.05, 0) is 0 Å². The first-order valence-electron chi connectivity index (χ1n) is 3.41. The van der Waals surface area contributed by atoms with Gasteiger partial charge in [-0.25, -0.2) is 0 Å². The average molecular weight is 106 g/mol. The summed E-state index contributed by atoms with van der Waals surface area (Å²) in [6, 6.07) is 10.3.